The smallest absolute Gasteiger partial charge is 0.229 e. The van der Waals surface area contributed by atoms with Gasteiger partial charge >= 0.3 is 0 Å². The van der Waals surface area contributed by atoms with Crippen LogP contribution in [0.25, 0.3) is 22.2 Å². The summed E-state index contributed by atoms with van der Waals surface area (Å²) in [6.07, 6.45) is 5.03. The summed E-state index contributed by atoms with van der Waals surface area (Å²) in [5.74, 6) is 0.779. The molecule has 9 nitrogen and oxygen atoms in total. The first-order chi connectivity index (χ1) is 15.9. The van der Waals surface area contributed by atoms with Gasteiger partial charge in [-0.1, -0.05) is 23.7 Å². The number of para-hydroxylation sites is 1. The van der Waals surface area contributed by atoms with Gasteiger partial charge in [-0.05, 0) is 43.7 Å². The van der Waals surface area contributed by atoms with Gasteiger partial charge in [0.15, 0.2) is 5.82 Å². The number of nitrogens with zero attached hydrogens (tertiary/aromatic N) is 4. The number of hydrogen-bond donors (Lipinski definition) is 4. The molecule has 5 rings (SSSR count). The second kappa shape index (κ2) is 8.35. The number of nitrogens with one attached hydrogen (secondary N) is 4. The maximum atomic E-state index is 12.7. The Morgan fingerprint density at radius 1 is 1.06 bits per heavy atom. The van der Waals surface area contributed by atoms with Crippen molar-refractivity contribution in [3.05, 3.63) is 66.1 Å². The lowest BCUT2D eigenvalue weighted by Gasteiger charge is -2.15. The Labute approximate surface area is 194 Å². The third kappa shape index (κ3) is 4.33. The van der Waals surface area contributed by atoms with E-state index in [0.29, 0.717) is 22.5 Å². The van der Waals surface area contributed by atoms with Gasteiger partial charge < -0.3 is 15.2 Å². The molecule has 0 saturated carbocycles. The number of benzene rings is 2. The van der Waals surface area contributed by atoms with Gasteiger partial charge in [0, 0.05) is 28.1 Å². The van der Waals surface area contributed by atoms with Gasteiger partial charge in [-0.2, -0.15) is 15.2 Å². The third-order valence-electron chi connectivity index (χ3n) is 5.07. The highest BCUT2D eigenvalue weighted by Crippen LogP contribution is 2.38. The number of aromatic amines is 2. The van der Waals surface area contributed by atoms with Crippen molar-refractivity contribution in [2.45, 2.75) is 0 Å². The van der Waals surface area contributed by atoms with Crippen LogP contribution in [0.5, 0.6) is 0 Å². The second-order valence-electron chi connectivity index (χ2n) is 7.83. The summed E-state index contributed by atoms with van der Waals surface area (Å²) in [6.45, 7) is 3.46. The number of aromatic nitrogens is 6. The van der Waals surface area contributed by atoms with Crippen LogP contribution in [0.4, 0.5) is 23.1 Å². The fourth-order valence-corrected chi connectivity index (χ4v) is 4.81. The van der Waals surface area contributed by atoms with Crippen molar-refractivity contribution in [3.8, 4) is 11.3 Å². The molecular formula is C22H20ClN8OP. The lowest BCUT2D eigenvalue weighted by Crippen LogP contribution is -2.10. The third-order valence-corrected chi connectivity index (χ3v) is 6.90. The number of anilines is 4. The van der Waals surface area contributed by atoms with E-state index in [1.807, 2.05) is 42.5 Å². The first kappa shape index (κ1) is 21.2. The molecule has 166 valence electrons. The van der Waals surface area contributed by atoms with Gasteiger partial charge in [-0.15, -0.1) is 0 Å². The summed E-state index contributed by atoms with van der Waals surface area (Å²) in [5.41, 5.74) is 4.06. The topological polar surface area (TPSA) is 124 Å². The van der Waals surface area contributed by atoms with Crippen LogP contribution in [0.15, 0.2) is 61.1 Å². The molecule has 0 saturated heterocycles. The molecule has 0 spiro atoms. The Balaban J connectivity index is 1.45. The first-order valence-electron chi connectivity index (χ1n) is 10.1. The molecule has 0 radical (unpaired) electrons. The van der Waals surface area contributed by atoms with E-state index in [1.165, 1.54) is 6.20 Å². The molecular weight excluding hydrogens is 459 g/mol. The van der Waals surface area contributed by atoms with Crippen LogP contribution in [0, 0.1) is 0 Å². The van der Waals surface area contributed by atoms with Crippen LogP contribution >= 0.6 is 18.7 Å². The highest BCUT2D eigenvalue weighted by molar-refractivity contribution is 7.70. The summed E-state index contributed by atoms with van der Waals surface area (Å²) in [4.78, 5) is 8.83. The maximum absolute atomic E-state index is 12.7. The molecule has 0 amide bonds. The molecule has 4 N–H and O–H groups in total. The van der Waals surface area contributed by atoms with Crippen LogP contribution in [0.3, 0.4) is 0 Å². The number of halogens is 1. The molecule has 11 heteroatoms. The van der Waals surface area contributed by atoms with E-state index >= 15 is 0 Å². The van der Waals surface area contributed by atoms with Gasteiger partial charge in [0.25, 0.3) is 0 Å². The Morgan fingerprint density at radius 2 is 1.91 bits per heavy atom. The molecule has 0 aliphatic rings. The normalized spacial score (nSPS) is 11.6. The molecule has 33 heavy (non-hydrogen) atoms. The van der Waals surface area contributed by atoms with Gasteiger partial charge in [0.05, 0.1) is 23.6 Å². The Bertz CT molecular complexity index is 1490. The first-order valence-corrected chi connectivity index (χ1v) is 13.0. The van der Waals surface area contributed by atoms with Gasteiger partial charge in [-0.25, -0.2) is 4.98 Å². The van der Waals surface area contributed by atoms with Crippen molar-refractivity contribution in [1.29, 1.82) is 0 Å². The van der Waals surface area contributed by atoms with E-state index in [1.54, 1.807) is 25.7 Å². The predicted octanol–water partition coefficient (Wildman–Crippen LogP) is 5.13. The average Bonchev–Trinajstić information content (AvgIpc) is 3.45. The second-order valence-corrected chi connectivity index (χ2v) is 11.4. The fraction of sp³-hybridized carbons (Fsp3) is 0.0909. The van der Waals surface area contributed by atoms with Crippen molar-refractivity contribution in [1.82, 2.24) is 30.4 Å². The summed E-state index contributed by atoms with van der Waals surface area (Å²) in [6, 6.07) is 13.2. The van der Waals surface area contributed by atoms with Crippen LogP contribution in [0.2, 0.25) is 5.02 Å². The van der Waals surface area contributed by atoms with E-state index in [-0.39, 0.29) is 0 Å². The largest absolute Gasteiger partial charge is 0.338 e. The SMILES string of the molecule is CP(C)(=O)c1ccccc1Nc1nc(Nc2ccc3[nH]nc(-c4cn[nH]c4)c3c2)ncc1Cl. The van der Waals surface area contributed by atoms with Crippen molar-refractivity contribution in [3.63, 3.8) is 0 Å². The molecule has 0 unspecified atom stereocenters. The molecule has 0 aliphatic carbocycles. The van der Waals surface area contributed by atoms with E-state index < -0.39 is 7.14 Å². The summed E-state index contributed by atoms with van der Waals surface area (Å²) in [7, 11) is -2.50. The molecule has 0 aliphatic heterocycles. The fourth-order valence-electron chi connectivity index (χ4n) is 3.51. The zero-order valence-electron chi connectivity index (χ0n) is 17.8. The van der Waals surface area contributed by atoms with Crippen molar-refractivity contribution >= 4 is 58.1 Å². The molecule has 3 heterocycles. The lowest BCUT2D eigenvalue weighted by atomic mass is 10.1. The Kier molecular flexibility index (Phi) is 5.36. The number of hydrogen-bond acceptors (Lipinski definition) is 7. The predicted molar refractivity (Wildman–Crippen MR) is 133 cm³/mol. The number of fused-ring (bicyclic) bond motifs is 1. The van der Waals surface area contributed by atoms with E-state index in [4.69, 9.17) is 11.6 Å². The van der Waals surface area contributed by atoms with Crippen LogP contribution in [-0.4, -0.2) is 43.7 Å². The summed E-state index contributed by atoms with van der Waals surface area (Å²) in [5, 5.41) is 22.7. The number of rotatable bonds is 6. The molecule has 0 bridgehead atoms. The minimum Gasteiger partial charge on any atom is -0.338 e. The summed E-state index contributed by atoms with van der Waals surface area (Å²) < 4.78 is 12.7. The number of H-pyrrole nitrogens is 2. The quantitative estimate of drug-likeness (QED) is 0.249. The van der Waals surface area contributed by atoms with Crippen LogP contribution in [-0.2, 0) is 4.57 Å². The van der Waals surface area contributed by atoms with Crippen molar-refractivity contribution < 1.29 is 4.57 Å². The maximum Gasteiger partial charge on any atom is 0.229 e. The standard InChI is InChI=1S/C22H20ClN8OP/c1-33(2,32)19-6-4-3-5-18(19)28-21-16(23)12-24-22(29-21)27-14-7-8-17-15(9-14)20(31-30-17)13-10-25-26-11-13/h3-12H,1-2H3,(H,25,26)(H,30,31)(H2,24,27,28,29). The van der Waals surface area contributed by atoms with Gasteiger partial charge in [-0.3, -0.25) is 10.2 Å². The lowest BCUT2D eigenvalue weighted by molar-refractivity contribution is 0.588. The molecule has 5 aromatic rings. The van der Waals surface area contributed by atoms with Gasteiger partial charge in [0.1, 0.15) is 17.9 Å². The monoisotopic (exact) mass is 478 g/mol. The van der Waals surface area contributed by atoms with E-state index in [9.17, 15) is 4.57 Å². The molecule has 3 aromatic heterocycles. The van der Waals surface area contributed by atoms with Crippen LogP contribution < -0.4 is 15.9 Å². The van der Waals surface area contributed by atoms with E-state index in [2.05, 4.69) is 41.0 Å². The highest BCUT2D eigenvalue weighted by atomic mass is 35.5. The van der Waals surface area contributed by atoms with Crippen molar-refractivity contribution in [2.24, 2.45) is 0 Å². The Morgan fingerprint density at radius 3 is 2.70 bits per heavy atom. The van der Waals surface area contributed by atoms with Crippen LogP contribution in [0.1, 0.15) is 0 Å². The van der Waals surface area contributed by atoms with Gasteiger partial charge in [0.2, 0.25) is 5.95 Å². The molecule has 0 fully saturated rings. The molecule has 0 atom stereocenters. The van der Waals surface area contributed by atoms with Crippen molar-refractivity contribution in [2.75, 3.05) is 24.0 Å². The average molecular weight is 479 g/mol. The minimum absolute atomic E-state index is 0.352. The zero-order chi connectivity index (χ0) is 23.0. The van der Waals surface area contributed by atoms with E-state index in [0.717, 1.165) is 33.2 Å². The summed E-state index contributed by atoms with van der Waals surface area (Å²) >= 11 is 6.35. The molecule has 2 aromatic carbocycles. The zero-order valence-corrected chi connectivity index (χ0v) is 19.4. The highest BCUT2D eigenvalue weighted by Gasteiger charge is 2.17. The minimum atomic E-state index is -2.50. The Hall–Kier alpha value is -3.68.